The topological polar surface area (TPSA) is 68.0 Å². The molecule has 5 nitrogen and oxygen atoms in total. The van der Waals surface area contributed by atoms with Crippen LogP contribution in [0.1, 0.15) is 30.1 Å². The van der Waals surface area contributed by atoms with Gasteiger partial charge in [-0.25, -0.2) is 0 Å². The lowest BCUT2D eigenvalue weighted by atomic mass is 9.98. The van der Waals surface area contributed by atoms with Crippen molar-refractivity contribution in [2.45, 2.75) is 31.5 Å². The van der Waals surface area contributed by atoms with Gasteiger partial charge in [-0.3, -0.25) is 4.79 Å². The van der Waals surface area contributed by atoms with Crippen molar-refractivity contribution >= 4 is 5.97 Å². The molecular weight excluding hydrogens is 299 g/mol. The van der Waals surface area contributed by atoms with Crippen LogP contribution in [-0.2, 0) is 17.5 Å². The van der Waals surface area contributed by atoms with Gasteiger partial charge in [0, 0.05) is 12.1 Å². The van der Waals surface area contributed by atoms with E-state index in [-0.39, 0.29) is 17.2 Å². The lowest BCUT2D eigenvalue weighted by Crippen LogP contribution is -2.23. The fourth-order valence-corrected chi connectivity index (χ4v) is 2.73. The number of hydrogen-bond acceptors (Lipinski definition) is 3. The van der Waals surface area contributed by atoms with E-state index in [2.05, 4.69) is 10.2 Å². The van der Waals surface area contributed by atoms with E-state index in [0.717, 1.165) is 6.07 Å². The number of fused-ring (bicyclic) bond motifs is 1. The normalized spacial score (nSPS) is 18.0. The highest BCUT2D eigenvalue weighted by Gasteiger charge is 2.36. The summed E-state index contributed by atoms with van der Waals surface area (Å²) in [6.45, 7) is 0.410. The molecule has 0 fully saturated rings. The SMILES string of the molecule is O=C(O)C1CCCn2c(-c3ccccc3C(F)(F)F)nnc21. The molecule has 1 unspecified atom stereocenters. The Hall–Kier alpha value is -2.38. The van der Waals surface area contributed by atoms with Crippen molar-refractivity contribution in [2.75, 3.05) is 0 Å². The van der Waals surface area contributed by atoms with Crippen LogP contribution in [0.25, 0.3) is 11.4 Å². The van der Waals surface area contributed by atoms with E-state index in [4.69, 9.17) is 0 Å². The molecule has 22 heavy (non-hydrogen) atoms. The predicted molar refractivity (Wildman–Crippen MR) is 70.1 cm³/mol. The molecule has 8 heteroatoms. The Morgan fingerprint density at radius 3 is 2.68 bits per heavy atom. The number of benzene rings is 1. The van der Waals surface area contributed by atoms with Gasteiger partial charge in [-0.2, -0.15) is 13.2 Å². The molecule has 0 radical (unpaired) electrons. The van der Waals surface area contributed by atoms with Crippen LogP contribution in [0, 0.1) is 0 Å². The van der Waals surface area contributed by atoms with E-state index < -0.39 is 23.6 Å². The highest BCUT2D eigenvalue weighted by Crippen LogP contribution is 2.38. The summed E-state index contributed by atoms with van der Waals surface area (Å²) >= 11 is 0. The third kappa shape index (κ3) is 2.34. The van der Waals surface area contributed by atoms with Gasteiger partial charge in [0.15, 0.2) is 5.82 Å². The number of carboxylic acids is 1. The van der Waals surface area contributed by atoms with Crippen molar-refractivity contribution in [3.63, 3.8) is 0 Å². The van der Waals surface area contributed by atoms with Gasteiger partial charge in [-0.05, 0) is 18.9 Å². The number of rotatable bonds is 2. The summed E-state index contributed by atoms with van der Waals surface area (Å²) in [4.78, 5) is 11.2. The second-order valence-corrected chi connectivity index (χ2v) is 5.11. The summed E-state index contributed by atoms with van der Waals surface area (Å²) in [5.74, 6) is -1.59. The minimum Gasteiger partial charge on any atom is -0.481 e. The van der Waals surface area contributed by atoms with Crippen molar-refractivity contribution in [1.29, 1.82) is 0 Å². The van der Waals surface area contributed by atoms with Gasteiger partial charge in [0.05, 0.1) is 5.56 Å². The third-order valence-corrected chi connectivity index (χ3v) is 3.74. The maximum atomic E-state index is 13.1. The van der Waals surface area contributed by atoms with Gasteiger partial charge in [0.1, 0.15) is 11.7 Å². The molecule has 1 aromatic heterocycles. The van der Waals surface area contributed by atoms with Crippen LogP contribution in [0.15, 0.2) is 24.3 Å². The second kappa shape index (κ2) is 5.11. The molecule has 1 N–H and O–H groups in total. The lowest BCUT2D eigenvalue weighted by molar-refractivity contribution is -0.139. The van der Waals surface area contributed by atoms with Crippen LogP contribution in [0.2, 0.25) is 0 Å². The maximum Gasteiger partial charge on any atom is 0.417 e. The molecular formula is C14H12F3N3O2. The number of aliphatic carboxylic acids is 1. The molecule has 2 aromatic rings. The molecule has 1 aliphatic heterocycles. The fraction of sp³-hybridized carbons (Fsp3) is 0.357. The summed E-state index contributed by atoms with van der Waals surface area (Å²) in [5, 5.41) is 16.8. The van der Waals surface area contributed by atoms with Gasteiger partial charge in [0.25, 0.3) is 0 Å². The van der Waals surface area contributed by atoms with E-state index >= 15 is 0 Å². The number of carbonyl (C=O) groups is 1. The van der Waals surface area contributed by atoms with Gasteiger partial charge >= 0.3 is 12.1 Å². The van der Waals surface area contributed by atoms with Gasteiger partial charge in [-0.1, -0.05) is 18.2 Å². The van der Waals surface area contributed by atoms with E-state index in [0.29, 0.717) is 19.4 Å². The van der Waals surface area contributed by atoms with E-state index in [1.807, 2.05) is 0 Å². The molecule has 2 heterocycles. The van der Waals surface area contributed by atoms with Crippen LogP contribution >= 0.6 is 0 Å². The fourth-order valence-electron chi connectivity index (χ4n) is 2.73. The third-order valence-electron chi connectivity index (χ3n) is 3.74. The second-order valence-electron chi connectivity index (χ2n) is 5.11. The molecule has 0 amide bonds. The van der Waals surface area contributed by atoms with Crippen LogP contribution in [0.3, 0.4) is 0 Å². The first-order valence-electron chi connectivity index (χ1n) is 6.72. The average molecular weight is 311 g/mol. The molecule has 0 saturated heterocycles. The molecule has 0 spiro atoms. The number of halogens is 3. The standard InChI is InChI=1S/C14H12F3N3O2/c15-14(16,17)10-6-2-1-4-8(10)11-18-19-12-9(13(21)22)5-3-7-20(11)12/h1-2,4,6,9H,3,5,7H2,(H,21,22). The van der Waals surface area contributed by atoms with Crippen molar-refractivity contribution in [2.24, 2.45) is 0 Å². The Kier molecular flexibility index (Phi) is 3.38. The Morgan fingerprint density at radius 2 is 2.00 bits per heavy atom. The Balaban J connectivity index is 2.14. The highest BCUT2D eigenvalue weighted by molar-refractivity contribution is 5.75. The Bertz CT molecular complexity index is 724. The minimum atomic E-state index is -4.51. The van der Waals surface area contributed by atoms with Crippen molar-refractivity contribution in [3.8, 4) is 11.4 Å². The van der Waals surface area contributed by atoms with Gasteiger partial charge in [0.2, 0.25) is 0 Å². The molecule has 1 aliphatic rings. The van der Waals surface area contributed by atoms with E-state index in [1.54, 1.807) is 0 Å². The molecule has 1 aromatic carbocycles. The highest BCUT2D eigenvalue weighted by atomic mass is 19.4. The molecule has 0 aliphatic carbocycles. The first kappa shape index (κ1) is 14.6. The van der Waals surface area contributed by atoms with Crippen molar-refractivity contribution in [3.05, 3.63) is 35.7 Å². The number of hydrogen-bond donors (Lipinski definition) is 1. The van der Waals surface area contributed by atoms with Gasteiger partial charge < -0.3 is 9.67 Å². The first-order chi connectivity index (χ1) is 10.4. The molecule has 1 atom stereocenters. The number of carboxylic acid groups (broad SMARTS) is 1. The summed E-state index contributed by atoms with van der Waals surface area (Å²) in [6, 6.07) is 5.10. The summed E-state index contributed by atoms with van der Waals surface area (Å²) in [7, 11) is 0. The molecule has 3 rings (SSSR count). The number of nitrogens with zero attached hydrogens (tertiary/aromatic N) is 3. The zero-order chi connectivity index (χ0) is 15.9. The van der Waals surface area contributed by atoms with E-state index in [9.17, 15) is 23.1 Å². The van der Waals surface area contributed by atoms with Crippen molar-refractivity contribution in [1.82, 2.24) is 14.8 Å². The smallest absolute Gasteiger partial charge is 0.417 e. The average Bonchev–Trinajstić information content (AvgIpc) is 2.89. The van der Waals surface area contributed by atoms with Crippen LogP contribution in [-0.4, -0.2) is 25.8 Å². The summed E-state index contributed by atoms with van der Waals surface area (Å²) < 4.78 is 40.9. The predicted octanol–water partition coefficient (Wildman–Crippen LogP) is 2.93. The largest absolute Gasteiger partial charge is 0.481 e. The van der Waals surface area contributed by atoms with Crippen LogP contribution < -0.4 is 0 Å². The van der Waals surface area contributed by atoms with E-state index in [1.165, 1.54) is 22.8 Å². The quantitative estimate of drug-likeness (QED) is 0.926. The number of aromatic nitrogens is 3. The zero-order valence-electron chi connectivity index (χ0n) is 11.3. The molecule has 116 valence electrons. The van der Waals surface area contributed by atoms with Crippen LogP contribution in [0.4, 0.5) is 13.2 Å². The number of alkyl halides is 3. The molecule has 0 bridgehead atoms. The zero-order valence-corrected chi connectivity index (χ0v) is 11.3. The maximum absolute atomic E-state index is 13.1. The van der Waals surface area contributed by atoms with Gasteiger partial charge in [-0.15, -0.1) is 10.2 Å². The lowest BCUT2D eigenvalue weighted by Gasteiger charge is -2.21. The van der Waals surface area contributed by atoms with Crippen molar-refractivity contribution < 1.29 is 23.1 Å². The monoisotopic (exact) mass is 311 g/mol. The first-order valence-corrected chi connectivity index (χ1v) is 6.72. The Morgan fingerprint density at radius 1 is 1.27 bits per heavy atom. The summed E-state index contributed by atoms with van der Waals surface area (Å²) in [5.41, 5.74) is -0.887. The minimum absolute atomic E-state index is 0.0638. The summed E-state index contributed by atoms with van der Waals surface area (Å²) in [6.07, 6.45) is -3.54. The van der Waals surface area contributed by atoms with Crippen LogP contribution in [0.5, 0.6) is 0 Å². The molecule has 0 saturated carbocycles. The Labute approximate surface area is 123 Å².